The van der Waals surface area contributed by atoms with Crippen LogP contribution in [0.1, 0.15) is 19.8 Å². The van der Waals surface area contributed by atoms with Gasteiger partial charge in [0.05, 0.1) is 25.7 Å². The first-order valence-corrected chi connectivity index (χ1v) is 10.8. The third-order valence-corrected chi connectivity index (χ3v) is 5.96. The Morgan fingerprint density at radius 3 is 2.17 bits per heavy atom. The van der Waals surface area contributed by atoms with E-state index in [1.807, 2.05) is 19.1 Å². The van der Waals surface area contributed by atoms with Crippen LogP contribution in [-0.2, 0) is 9.53 Å². The number of esters is 1. The molecule has 0 amide bonds. The summed E-state index contributed by atoms with van der Waals surface area (Å²) in [5, 5.41) is 10.6. The molecule has 0 radical (unpaired) electrons. The Balaban J connectivity index is 1.35. The van der Waals surface area contributed by atoms with E-state index in [-0.39, 0.29) is 18.0 Å². The summed E-state index contributed by atoms with van der Waals surface area (Å²) >= 11 is 0. The number of piperidine rings is 1. The topological polar surface area (TPSA) is 65.5 Å². The lowest BCUT2D eigenvalue weighted by molar-refractivity contribution is -0.149. The predicted molar refractivity (Wildman–Crippen MR) is 113 cm³/mol. The van der Waals surface area contributed by atoms with Crippen molar-refractivity contribution in [2.45, 2.75) is 25.9 Å². The number of benzene rings is 1. The molecular weight excluding hydrogens is 370 g/mol. The van der Waals surface area contributed by atoms with Gasteiger partial charge in [-0.25, -0.2) is 0 Å². The highest BCUT2D eigenvalue weighted by Crippen LogP contribution is 2.21. The van der Waals surface area contributed by atoms with Gasteiger partial charge in [0.25, 0.3) is 0 Å². The van der Waals surface area contributed by atoms with Crippen LogP contribution in [0.4, 0.5) is 5.69 Å². The predicted octanol–water partition coefficient (Wildman–Crippen LogP) is 1.45. The Morgan fingerprint density at radius 2 is 1.62 bits per heavy atom. The number of aliphatic hydroxyl groups is 1. The maximum absolute atomic E-state index is 11.8. The van der Waals surface area contributed by atoms with E-state index in [2.05, 4.69) is 26.8 Å². The number of rotatable bonds is 8. The standard InChI is InChI=1S/C22H35N3O4/c1-3-29-22(27)18-8-10-23(11-9-18)16-20(26)17-24-12-14-25(15-13-24)19-4-6-21(28-2)7-5-19/h4-7,18,20,26H,3,8-17H2,1-2H3/t20-/m0/s1. The molecule has 29 heavy (non-hydrogen) atoms. The van der Waals surface area contributed by atoms with Crippen molar-refractivity contribution in [3.05, 3.63) is 24.3 Å². The summed E-state index contributed by atoms with van der Waals surface area (Å²) in [7, 11) is 1.68. The number of ether oxygens (including phenoxy) is 2. The van der Waals surface area contributed by atoms with Crippen LogP contribution >= 0.6 is 0 Å². The minimum atomic E-state index is -0.360. The Kier molecular flexibility index (Phi) is 8.15. The van der Waals surface area contributed by atoms with Gasteiger partial charge in [0.15, 0.2) is 0 Å². The van der Waals surface area contributed by atoms with Crippen molar-refractivity contribution in [1.82, 2.24) is 9.80 Å². The first-order valence-electron chi connectivity index (χ1n) is 10.8. The second-order valence-corrected chi connectivity index (χ2v) is 7.97. The largest absolute Gasteiger partial charge is 0.497 e. The van der Waals surface area contributed by atoms with Crippen molar-refractivity contribution in [3.63, 3.8) is 0 Å². The van der Waals surface area contributed by atoms with E-state index in [4.69, 9.17) is 9.47 Å². The van der Waals surface area contributed by atoms with E-state index in [9.17, 15) is 9.90 Å². The van der Waals surface area contributed by atoms with E-state index >= 15 is 0 Å². The zero-order chi connectivity index (χ0) is 20.6. The molecular formula is C22H35N3O4. The van der Waals surface area contributed by atoms with Gasteiger partial charge < -0.3 is 24.4 Å². The summed E-state index contributed by atoms with van der Waals surface area (Å²) in [5.41, 5.74) is 1.22. The van der Waals surface area contributed by atoms with Crippen LogP contribution in [0.5, 0.6) is 5.75 Å². The number of piperazine rings is 1. The molecule has 2 heterocycles. The highest BCUT2D eigenvalue weighted by Gasteiger charge is 2.27. The van der Waals surface area contributed by atoms with Crippen LogP contribution in [0.25, 0.3) is 0 Å². The van der Waals surface area contributed by atoms with Crippen LogP contribution in [0.2, 0.25) is 0 Å². The monoisotopic (exact) mass is 405 g/mol. The fourth-order valence-corrected chi connectivity index (χ4v) is 4.25. The van der Waals surface area contributed by atoms with E-state index in [0.29, 0.717) is 19.7 Å². The molecule has 2 fully saturated rings. The number of β-amino-alcohol motifs (C(OH)–C–C–N with tert-alkyl or cyclic N) is 1. The SMILES string of the molecule is CCOC(=O)C1CCN(C[C@H](O)CN2CCN(c3ccc(OC)cc3)CC2)CC1. The first kappa shape index (κ1) is 21.9. The highest BCUT2D eigenvalue weighted by atomic mass is 16.5. The molecule has 0 spiro atoms. The number of anilines is 1. The molecule has 1 aromatic rings. The number of hydrogen-bond acceptors (Lipinski definition) is 7. The molecule has 7 heteroatoms. The van der Waals surface area contributed by atoms with Crippen LogP contribution in [0.3, 0.4) is 0 Å². The smallest absolute Gasteiger partial charge is 0.309 e. The van der Waals surface area contributed by atoms with Crippen molar-refractivity contribution in [3.8, 4) is 5.75 Å². The minimum Gasteiger partial charge on any atom is -0.497 e. The molecule has 162 valence electrons. The lowest BCUT2D eigenvalue weighted by Crippen LogP contribution is -2.50. The number of hydrogen-bond donors (Lipinski definition) is 1. The van der Waals surface area contributed by atoms with Crippen molar-refractivity contribution < 1.29 is 19.4 Å². The number of methoxy groups -OCH3 is 1. The fourth-order valence-electron chi connectivity index (χ4n) is 4.25. The summed E-state index contributed by atoms with van der Waals surface area (Å²) in [6, 6.07) is 8.19. The zero-order valence-electron chi connectivity index (χ0n) is 17.8. The number of carbonyl (C=O) groups is 1. The quantitative estimate of drug-likeness (QED) is 0.657. The van der Waals surface area contributed by atoms with Gasteiger partial charge in [-0.15, -0.1) is 0 Å². The molecule has 2 aliphatic rings. The molecule has 3 rings (SSSR count). The van der Waals surface area contributed by atoms with E-state index < -0.39 is 0 Å². The Morgan fingerprint density at radius 1 is 1.03 bits per heavy atom. The summed E-state index contributed by atoms with van der Waals surface area (Å²) in [4.78, 5) is 18.8. The maximum atomic E-state index is 11.8. The molecule has 1 N–H and O–H groups in total. The van der Waals surface area contributed by atoms with Gasteiger partial charge in [0.1, 0.15) is 5.75 Å². The number of aliphatic hydroxyl groups excluding tert-OH is 1. The van der Waals surface area contributed by atoms with Crippen LogP contribution in [-0.4, -0.2) is 93.1 Å². The lowest BCUT2D eigenvalue weighted by Gasteiger charge is -2.38. The molecule has 7 nitrogen and oxygen atoms in total. The fraction of sp³-hybridized carbons (Fsp3) is 0.682. The lowest BCUT2D eigenvalue weighted by atomic mass is 9.97. The van der Waals surface area contributed by atoms with Gasteiger partial charge in [0, 0.05) is 45.0 Å². The van der Waals surface area contributed by atoms with Gasteiger partial charge in [-0.1, -0.05) is 0 Å². The normalized spacial score (nSPS) is 20.4. The van der Waals surface area contributed by atoms with E-state index in [1.165, 1.54) is 5.69 Å². The molecule has 1 aromatic carbocycles. The summed E-state index contributed by atoms with van der Waals surface area (Å²) in [6.07, 6.45) is 1.29. The first-order chi connectivity index (χ1) is 14.1. The summed E-state index contributed by atoms with van der Waals surface area (Å²) < 4.78 is 10.4. The average molecular weight is 406 g/mol. The van der Waals surface area contributed by atoms with Gasteiger partial charge in [-0.3, -0.25) is 9.69 Å². The second kappa shape index (κ2) is 10.8. The van der Waals surface area contributed by atoms with Gasteiger partial charge in [-0.2, -0.15) is 0 Å². The van der Waals surface area contributed by atoms with Gasteiger partial charge >= 0.3 is 5.97 Å². The second-order valence-electron chi connectivity index (χ2n) is 7.97. The molecule has 2 saturated heterocycles. The molecule has 0 bridgehead atoms. The zero-order valence-corrected chi connectivity index (χ0v) is 17.8. The average Bonchev–Trinajstić information content (AvgIpc) is 2.75. The molecule has 2 aliphatic heterocycles. The highest BCUT2D eigenvalue weighted by molar-refractivity contribution is 5.72. The van der Waals surface area contributed by atoms with Crippen molar-refractivity contribution >= 4 is 11.7 Å². The van der Waals surface area contributed by atoms with E-state index in [1.54, 1.807) is 7.11 Å². The number of nitrogens with zero attached hydrogens (tertiary/aromatic N) is 3. The molecule has 0 saturated carbocycles. The Bertz CT molecular complexity index is 623. The van der Waals surface area contributed by atoms with Crippen LogP contribution < -0.4 is 9.64 Å². The molecule has 0 aromatic heterocycles. The summed E-state index contributed by atoms with van der Waals surface area (Å²) in [5.74, 6) is 0.832. The minimum absolute atomic E-state index is 0.0226. The third-order valence-electron chi connectivity index (χ3n) is 5.96. The van der Waals surface area contributed by atoms with Crippen LogP contribution in [0.15, 0.2) is 24.3 Å². The number of likely N-dealkylation sites (tertiary alicyclic amines) is 1. The van der Waals surface area contributed by atoms with Gasteiger partial charge in [0.2, 0.25) is 0 Å². The Hall–Kier alpha value is -1.83. The van der Waals surface area contributed by atoms with Crippen molar-refractivity contribution in [1.29, 1.82) is 0 Å². The van der Waals surface area contributed by atoms with Gasteiger partial charge in [-0.05, 0) is 57.1 Å². The number of carbonyl (C=O) groups excluding carboxylic acids is 1. The Labute approximate surface area is 174 Å². The molecule has 1 atom stereocenters. The maximum Gasteiger partial charge on any atom is 0.309 e. The summed E-state index contributed by atoms with van der Waals surface area (Å²) in [6.45, 7) is 9.21. The van der Waals surface area contributed by atoms with E-state index in [0.717, 1.165) is 57.9 Å². The molecule has 0 unspecified atom stereocenters. The third kappa shape index (κ3) is 6.32. The van der Waals surface area contributed by atoms with Crippen molar-refractivity contribution in [2.75, 3.05) is 71.0 Å². The van der Waals surface area contributed by atoms with Crippen LogP contribution in [0, 0.1) is 5.92 Å². The molecule has 0 aliphatic carbocycles. The van der Waals surface area contributed by atoms with Crippen molar-refractivity contribution in [2.24, 2.45) is 5.92 Å².